The number of amides is 1. The SMILES string of the molecule is O=C(N/N=C/c1ccc(-c2cccc(C(F)(F)F)c2)o1)C1CC1(c1ccccc1)c1ccccc1. The van der Waals surface area contributed by atoms with Crippen molar-refractivity contribution in [3.05, 3.63) is 120 Å². The van der Waals surface area contributed by atoms with Gasteiger partial charge in [-0.15, -0.1) is 0 Å². The van der Waals surface area contributed by atoms with Gasteiger partial charge in [-0.05, 0) is 41.8 Å². The van der Waals surface area contributed by atoms with Gasteiger partial charge in [-0.2, -0.15) is 18.3 Å². The molecule has 0 bridgehead atoms. The van der Waals surface area contributed by atoms with Gasteiger partial charge >= 0.3 is 6.18 Å². The van der Waals surface area contributed by atoms with Crippen LogP contribution in [0.25, 0.3) is 11.3 Å². The van der Waals surface area contributed by atoms with E-state index in [9.17, 15) is 18.0 Å². The first-order valence-electron chi connectivity index (χ1n) is 11.1. The molecule has 7 heteroatoms. The van der Waals surface area contributed by atoms with Crippen molar-refractivity contribution in [2.24, 2.45) is 11.0 Å². The van der Waals surface area contributed by atoms with Gasteiger partial charge < -0.3 is 4.42 Å². The topological polar surface area (TPSA) is 54.6 Å². The number of alkyl halides is 3. The number of halogens is 3. The highest BCUT2D eigenvalue weighted by Crippen LogP contribution is 2.58. The lowest BCUT2D eigenvalue weighted by Crippen LogP contribution is -2.25. The Kier molecular flexibility index (Phi) is 5.76. The molecule has 1 atom stereocenters. The Morgan fingerprint density at radius 3 is 2.20 bits per heavy atom. The molecule has 1 N–H and O–H groups in total. The minimum Gasteiger partial charge on any atom is -0.455 e. The minimum atomic E-state index is -4.44. The van der Waals surface area contributed by atoms with Gasteiger partial charge in [0.1, 0.15) is 11.5 Å². The zero-order valence-corrected chi connectivity index (χ0v) is 18.5. The van der Waals surface area contributed by atoms with Crippen molar-refractivity contribution in [3.63, 3.8) is 0 Å². The van der Waals surface area contributed by atoms with Crippen molar-refractivity contribution in [3.8, 4) is 11.3 Å². The Balaban J connectivity index is 1.29. The van der Waals surface area contributed by atoms with Gasteiger partial charge in [0.2, 0.25) is 5.91 Å². The van der Waals surface area contributed by atoms with E-state index in [-0.39, 0.29) is 17.6 Å². The van der Waals surface area contributed by atoms with E-state index >= 15 is 0 Å². The molecule has 1 aliphatic carbocycles. The molecule has 5 rings (SSSR count). The molecule has 35 heavy (non-hydrogen) atoms. The van der Waals surface area contributed by atoms with Crippen LogP contribution in [-0.2, 0) is 16.4 Å². The fourth-order valence-corrected chi connectivity index (χ4v) is 4.52. The van der Waals surface area contributed by atoms with Gasteiger partial charge in [0, 0.05) is 11.0 Å². The third kappa shape index (κ3) is 4.49. The average Bonchev–Trinajstić information content (AvgIpc) is 3.47. The van der Waals surface area contributed by atoms with Crippen LogP contribution in [0.1, 0.15) is 28.9 Å². The van der Waals surface area contributed by atoms with Crippen LogP contribution in [-0.4, -0.2) is 12.1 Å². The van der Waals surface area contributed by atoms with Gasteiger partial charge in [0.15, 0.2) is 0 Å². The second-order valence-electron chi connectivity index (χ2n) is 8.47. The third-order valence-electron chi connectivity index (χ3n) is 6.32. The van der Waals surface area contributed by atoms with Gasteiger partial charge in [0.25, 0.3) is 0 Å². The fourth-order valence-electron chi connectivity index (χ4n) is 4.52. The zero-order valence-electron chi connectivity index (χ0n) is 18.5. The van der Waals surface area contributed by atoms with E-state index in [0.717, 1.165) is 23.3 Å². The van der Waals surface area contributed by atoms with Crippen molar-refractivity contribution >= 4 is 12.1 Å². The molecule has 1 unspecified atom stereocenters. The number of carbonyl (C=O) groups is 1. The average molecular weight is 474 g/mol. The fraction of sp³-hybridized carbons (Fsp3) is 0.143. The van der Waals surface area contributed by atoms with E-state index < -0.39 is 17.2 Å². The summed E-state index contributed by atoms with van der Waals surface area (Å²) in [6.45, 7) is 0. The first kappa shape index (κ1) is 22.7. The molecular formula is C28H21F3N2O2. The monoisotopic (exact) mass is 474 g/mol. The predicted octanol–water partition coefficient (Wildman–Crippen LogP) is 6.42. The molecule has 1 aromatic heterocycles. The maximum absolute atomic E-state index is 13.0. The van der Waals surface area contributed by atoms with E-state index in [1.165, 1.54) is 18.3 Å². The summed E-state index contributed by atoms with van der Waals surface area (Å²) in [5.41, 5.74) is 3.89. The number of nitrogens with one attached hydrogen (secondary N) is 1. The minimum absolute atomic E-state index is 0.210. The Morgan fingerprint density at radius 1 is 0.914 bits per heavy atom. The first-order chi connectivity index (χ1) is 16.9. The van der Waals surface area contributed by atoms with Crippen LogP contribution in [0.5, 0.6) is 0 Å². The highest BCUT2D eigenvalue weighted by molar-refractivity contribution is 5.87. The predicted molar refractivity (Wildman–Crippen MR) is 127 cm³/mol. The standard InChI is InChI=1S/C28H21F3N2O2/c29-28(30,31)22-13-7-8-19(16-22)25-15-14-23(35-25)18-32-33-26(34)24-17-27(24,20-9-3-1-4-10-20)21-11-5-2-6-12-21/h1-16,18,24H,17H2,(H,33,34)/b32-18+. The number of furan rings is 1. The molecule has 0 spiro atoms. The van der Waals surface area contributed by atoms with Gasteiger partial charge in [-0.1, -0.05) is 72.8 Å². The van der Waals surface area contributed by atoms with E-state index in [0.29, 0.717) is 17.7 Å². The number of benzene rings is 3. The highest BCUT2D eigenvalue weighted by Gasteiger charge is 2.60. The summed E-state index contributed by atoms with van der Waals surface area (Å²) in [7, 11) is 0. The van der Waals surface area contributed by atoms with Crippen LogP contribution in [0.4, 0.5) is 13.2 Å². The van der Waals surface area contributed by atoms with Crippen LogP contribution in [0.15, 0.2) is 107 Å². The van der Waals surface area contributed by atoms with Crippen LogP contribution in [0.2, 0.25) is 0 Å². The molecule has 4 nitrogen and oxygen atoms in total. The molecule has 1 heterocycles. The summed E-state index contributed by atoms with van der Waals surface area (Å²) in [5, 5.41) is 4.02. The van der Waals surface area contributed by atoms with Crippen molar-refractivity contribution < 1.29 is 22.4 Å². The van der Waals surface area contributed by atoms with Crippen LogP contribution in [0.3, 0.4) is 0 Å². The molecule has 176 valence electrons. The number of rotatable bonds is 6. The van der Waals surface area contributed by atoms with Crippen LogP contribution >= 0.6 is 0 Å². The maximum Gasteiger partial charge on any atom is 0.416 e. The van der Waals surface area contributed by atoms with E-state index in [1.807, 2.05) is 60.7 Å². The van der Waals surface area contributed by atoms with Gasteiger partial charge in [-0.3, -0.25) is 4.79 Å². The molecule has 4 aromatic rings. The molecule has 1 saturated carbocycles. The summed E-state index contributed by atoms with van der Waals surface area (Å²) in [4.78, 5) is 13.0. The lowest BCUT2D eigenvalue weighted by Gasteiger charge is -2.18. The molecule has 1 amide bonds. The molecule has 0 saturated heterocycles. The largest absolute Gasteiger partial charge is 0.455 e. The van der Waals surface area contributed by atoms with Crippen molar-refractivity contribution in [1.29, 1.82) is 0 Å². The smallest absolute Gasteiger partial charge is 0.416 e. The second kappa shape index (κ2) is 8.91. The molecular weight excluding hydrogens is 453 g/mol. The Bertz CT molecular complexity index is 1320. The normalized spacial score (nSPS) is 16.8. The van der Waals surface area contributed by atoms with Crippen molar-refractivity contribution in [2.45, 2.75) is 18.0 Å². The number of hydrogen-bond acceptors (Lipinski definition) is 3. The molecule has 0 aliphatic heterocycles. The summed E-state index contributed by atoms with van der Waals surface area (Å²) in [6, 6.07) is 27.9. The Hall–Kier alpha value is -4.13. The first-order valence-corrected chi connectivity index (χ1v) is 11.1. The van der Waals surface area contributed by atoms with Crippen LogP contribution in [0, 0.1) is 5.92 Å². The number of hydrazone groups is 1. The summed E-state index contributed by atoms with van der Waals surface area (Å²) >= 11 is 0. The number of nitrogens with zero attached hydrogens (tertiary/aromatic N) is 1. The van der Waals surface area contributed by atoms with E-state index in [1.54, 1.807) is 12.1 Å². The number of hydrogen-bond donors (Lipinski definition) is 1. The zero-order chi connectivity index (χ0) is 24.5. The molecule has 1 aliphatic rings. The highest BCUT2D eigenvalue weighted by atomic mass is 19.4. The molecule has 3 aromatic carbocycles. The maximum atomic E-state index is 13.0. The molecule has 1 fully saturated rings. The summed E-state index contributed by atoms with van der Waals surface area (Å²) < 4.78 is 44.5. The quantitative estimate of drug-likeness (QED) is 0.259. The van der Waals surface area contributed by atoms with Gasteiger partial charge in [0.05, 0.1) is 17.7 Å². The lowest BCUT2D eigenvalue weighted by molar-refractivity contribution is -0.137. The number of carbonyl (C=O) groups excluding carboxylic acids is 1. The van der Waals surface area contributed by atoms with E-state index in [4.69, 9.17) is 4.42 Å². The molecule has 0 radical (unpaired) electrons. The Labute approximate surface area is 200 Å². The Morgan fingerprint density at radius 2 is 1.57 bits per heavy atom. The third-order valence-corrected chi connectivity index (χ3v) is 6.32. The summed E-state index contributed by atoms with van der Waals surface area (Å²) in [5.74, 6) is 0.101. The van der Waals surface area contributed by atoms with Gasteiger partial charge in [-0.25, -0.2) is 5.43 Å². The summed E-state index contributed by atoms with van der Waals surface area (Å²) in [6.07, 6.45) is -2.43. The second-order valence-corrected chi connectivity index (χ2v) is 8.47. The van der Waals surface area contributed by atoms with E-state index in [2.05, 4.69) is 10.5 Å². The van der Waals surface area contributed by atoms with Crippen molar-refractivity contribution in [2.75, 3.05) is 0 Å². The van der Waals surface area contributed by atoms with Crippen LogP contribution < -0.4 is 5.43 Å². The lowest BCUT2D eigenvalue weighted by atomic mass is 9.85. The van der Waals surface area contributed by atoms with Crippen molar-refractivity contribution in [1.82, 2.24) is 5.43 Å².